The lowest BCUT2D eigenvalue weighted by atomic mass is 9.94. The number of para-hydroxylation sites is 1. The van der Waals surface area contributed by atoms with Crippen LogP contribution in [0.5, 0.6) is 0 Å². The summed E-state index contributed by atoms with van der Waals surface area (Å²) < 4.78 is 0. The minimum absolute atomic E-state index is 0.0457. The van der Waals surface area contributed by atoms with E-state index in [2.05, 4.69) is 34.2 Å². The van der Waals surface area contributed by atoms with Crippen LogP contribution in [0.2, 0.25) is 0 Å². The van der Waals surface area contributed by atoms with Gasteiger partial charge in [0.2, 0.25) is 0 Å². The molecular formula is C28H30N4O2. The van der Waals surface area contributed by atoms with Gasteiger partial charge in [-0.2, -0.15) is 5.26 Å². The summed E-state index contributed by atoms with van der Waals surface area (Å²) in [5, 5.41) is 29.7. The molecule has 3 atom stereocenters. The Kier molecular flexibility index (Phi) is 7.46. The van der Waals surface area contributed by atoms with Crippen molar-refractivity contribution in [3.8, 4) is 6.07 Å². The van der Waals surface area contributed by atoms with E-state index in [4.69, 9.17) is 0 Å². The number of nitrogens with zero attached hydrogens (tertiary/aromatic N) is 1. The molecule has 0 bridgehead atoms. The smallest absolute Gasteiger partial charge is 0.310 e. The van der Waals surface area contributed by atoms with Crippen molar-refractivity contribution in [3.05, 3.63) is 95.1 Å². The molecule has 3 aromatic rings. The summed E-state index contributed by atoms with van der Waals surface area (Å²) in [7, 11) is 0. The monoisotopic (exact) mass is 454 g/mol. The van der Waals surface area contributed by atoms with Crippen LogP contribution in [0.25, 0.3) is 0 Å². The molecule has 1 heterocycles. The van der Waals surface area contributed by atoms with Gasteiger partial charge in [0.05, 0.1) is 34.9 Å². The molecule has 6 heteroatoms. The first-order valence-corrected chi connectivity index (χ1v) is 11.7. The molecule has 0 spiro atoms. The predicted molar refractivity (Wildman–Crippen MR) is 135 cm³/mol. The van der Waals surface area contributed by atoms with Crippen molar-refractivity contribution >= 4 is 17.3 Å². The lowest BCUT2D eigenvalue weighted by molar-refractivity contribution is -0.138. The average Bonchev–Trinajstić information content (AvgIpc) is 2.87. The third kappa shape index (κ3) is 5.22. The number of anilines is 2. The Labute approximate surface area is 200 Å². The van der Waals surface area contributed by atoms with Gasteiger partial charge in [-0.1, -0.05) is 67.6 Å². The second kappa shape index (κ2) is 10.9. The van der Waals surface area contributed by atoms with Gasteiger partial charge in [0.1, 0.15) is 6.07 Å². The van der Waals surface area contributed by atoms with Crippen molar-refractivity contribution in [1.29, 1.82) is 5.26 Å². The van der Waals surface area contributed by atoms with E-state index in [0.717, 1.165) is 42.0 Å². The summed E-state index contributed by atoms with van der Waals surface area (Å²) in [5.74, 6) is -1.24. The number of hydrogen-bond donors (Lipinski definition) is 4. The van der Waals surface area contributed by atoms with E-state index in [1.54, 1.807) is 0 Å². The van der Waals surface area contributed by atoms with Crippen molar-refractivity contribution in [2.45, 2.75) is 37.8 Å². The van der Waals surface area contributed by atoms with Crippen LogP contribution in [0, 0.1) is 11.3 Å². The number of nitrogens with one attached hydrogen (secondary N) is 3. The van der Waals surface area contributed by atoms with E-state index < -0.39 is 11.9 Å². The lowest BCUT2D eigenvalue weighted by Crippen LogP contribution is -2.44. The van der Waals surface area contributed by atoms with E-state index in [9.17, 15) is 15.2 Å². The molecule has 4 rings (SSSR count). The standard InChI is InChI=1S/C28H30N4O2/c1-2-23(28(33)34)20-13-11-19(12-14-20)15-16-30-26(21-7-4-3-5-8-21)25-18-31-24-10-6-9-22(17-29)27(24)32-25/h3-14,23,25-26,30-32H,2,15-16,18H2,1H3,(H,33,34)/t23-,25+,26+/m0/s1. The van der Waals surface area contributed by atoms with Gasteiger partial charge in [-0.15, -0.1) is 0 Å². The molecule has 0 saturated heterocycles. The molecule has 0 aliphatic carbocycles. The van der Waals surface area contributed by atoms with Crippen LogP contribution < -0.4 is 16.0 Å². The van der Waals surface area contributed by atoms with Gasteiger partial charge in [-0.05, 0) is 48.2 Å². The van der Waals surface area contributed by atoms with Gasteiger partial charge in [-0.3, -0.25) is 4.79 Å². The fourth-order valence-corrected chi connectivity index (χ4v) is 4.60. The molecule has 4 N–H and O–H groups in total. The van der Waals surface area contributed by atoms with Gasteiger partial charge >= 0.3 is 5.97 Å². The number of hydrogen-bond acceptors (Lipinski definition) is 5. The van der Waals surface area contributed by atoms with E-state index in [1.807, 2.05) is 67.6 Å². The highest BCUT2D eigenvalue weighted by Crippen LogP contribution is 2.33. The van der Waals surface area contributed by atoms with Gasteiger partial charge in [-0.25, -0.2) is 0 Å². The molecule has 0 aromatic heterocycles. The Hall–Kier alpha value is -3.82. The number of carboxylic acids is 1. The minimum Gasteiger partial charge on any atom is -0.481 e. The maximum absolute atomic E-state index is 11.4. The number of carboxylic acid groups (broad SMARTS) is 1. The van der Waals surface area contributed by atoms with E-state index in [1.165, 1.54) is 5.56 Å². The summed E-state index contributed by atoms with van der Waals surface area (Å²) in [5.41, 5.74) is 5.63. The molecule has 0 fully saturated rings. The highest BCUT2D eigenvalue weighted by atomic mass is 16.4. The predicted octanol–water partition coefficient (Wildman–Crippen LogP) is 4.92. The number of nitriles is 1. The molecule has 0 saturated carbocycles. The summed E-state index contributed by atoms with van der Waals surface area (Å²) in [6.07, 6.45) is 1.40. The zero-order valence-corrected chi connectivity index (χ0v) is 19.3. The van der Waals surface area contributed by atoms with Crippen LogP contribution in [-0.4, -0.2) is 30.2 Å². The largest absolute Gasteiger partial charge is 0.481 e. The zero-order chi connectivity index (χ0) is 23.9. The molecule has 174 valence electrons. The van der Waals surface area contributed by atoms with Crippen molar-refractivity contribution in [2.24, 2.45) is 0 Å². The number of fused-ring (bicyclic) bond motifs is 1. The Morgan fingerprint density at radius 1 is 1.09 bits per heavy atom. The van der Waals surface area contributed by atoms with Crippen LogP contribution in [0.1, 0.15) is 47.6 Å². The molecule has 6 nitrogen and oxygen atoms in total. The van der Waals surface area contributed by atoms with Crippen molar-refractivity contribution in [2.75, 3.05) is 23.7 Å². The van der Waals surface area contributed by atoms with Crippen LogP contribution >= 0.6 is 0 Å². The molecule has 1 aliphatic rings. The molecule has 0 unspecified atom stereocenters. The summed E-state index contributed by atoms with van der Waals surface area (Å²) >= 11 is 0. The van der Waals surface area contributed by atoms with E-state index in [0.29, 0.717) is 12.0 Å². The quantitative estimate of drug-likeness (QED) is 0.367. The first kappa shape index (κ1) is 23.3. The van der Waals surface area contributed by atoms with Gasteiger partial charge in [0.15, 0.2) is 0 Å². The van der Waals surface area contributed by atoms with Crippen LogP contribution in [0.3, 0.4) is 0 Å². The number of carbonyl (C=O) groups is 1. The highest BCUT2D eigenvalue weighted by Gasteiger charge is 2.28. The normalized spacial score (nSPS) is 16.3. The van der Waals surface area contributed by atoms with Crippen molar-refractivity contribution < 1.29 is 9.90 Å². The summed E-state index contributed by atoms with van der Waals surface area (Å²) in [6, 6.07) is 26.3. The Bertz CT molecular complexity index is 1160. The van der Waals surface area contributed by atoms with Gasteiger partial charge < -0.3 is 21.1 Å². The molecular weight excluding hydrogens is 424 g/mol. The van der Waals surface area contributed by atoms with Crippen molar-refractivity contribution in [1.82, 2.24) is 5.32 Å². The molecule has 0 radical (unpaired) electrons. The number of benzene rings is 3. The van der Waals surface area contributed by atoms with E-state index >= 15 is 0 Å². The fourth-order valence-electron chi connectivity index (χ4n) is 4.60. The van der Waals surface area contributed by atoms with E-state index in [-0.39, 0.29) is 12.1 Å². The second-order valence-corrected chi connectivity index (χ2v) is 8.60. The fraction of sp³-hybridized carbons (Fsp3) is 0.286. The summed E-state index contributed by atoms with van der Waals surface area (Å²) in [4.78, 5) is 11.4. The maximum Gasteiger partial charge on any atom is 0.310 e. The molecule has 1 aliphatic heterocycles. The maximum atomic E-state index is 11.4. The van der Waals surface area contributed by atoms with Gasteiger partial charge in [0, 0.05) is 6.54 Å². The van der Waals surface area contributed by atoms with Crippen LogP contribution in [0.15, 0.2) is 72.8 Å². The van der Waals surface area contributed by atoms with Crippen LogP contribution in [-0.2, 0) is 11.2 Å². The highest BCUT2D eigenvalue weighted by molar-refractivity contribution is 5.77. The molecule has 0 amide bonds. The Morgan fingerprint density at radius 2 is 1.85 bits per heavy atom. The Morgan fingerprint density at radius 3 is 2.53 bits per heavy atom. The van der Waals surface area contributed by atoms with Gasteiger partial charge in [0.25, 0.3) is 0 Å². The molecule has 34 heavy (non-hydrogen) atoms. The topological polar surface area (TPSA) is 97.2 Å². The van der Waals surface area contributed by atoms with Crippen LogP contribution in [0.4, 0.5) is 11.4 Å². The Balaban J connectivity index is 1.46. The number of rotatable bonds is 9. The summed E-state index contributed by atoms with van der Waals surface area (Å²) in [6.45, 7) is 3.39. The van der Waals surface area contributed by atoms with Crippen molar-refractivity contribution in [3.63, 3.8) is 0 Å². The second-order valence-electron chi connectivity index (χ2n) is 8.60. The third-order valence-corrected chi connectivity index (χ3v) is 6.45. The number of aliphatic carboxylic acids is 1. The molecule has 3 aromatic carbocycles. The average molecular weight is 455 g/mol. The zero-order valence-electron chi connectivity index (χ0n) is 19.3. The lowest BCUT2D eigenvalue weighted by Gasteiger charge is -2.35. The minimum atomic E-state index is -0.780. The first-order chi connectivity index (χ1) is 16.6. The SMILES string of the molecule is CC[C@H](C(=O)O)c1ccc(CCN[C@H](c2ccccc2)[C@H]2CNc3cccc(C#N)c3N2)cc1. The first-order valence-electron chi connectivity index (χ1n) is 11.7. The third-order valence-electron chi connectivity index (χ3n) is 6.45.